The van der Waals surface area contributed by atoms with Gasteiger partial charge in [0.25, 0.3) is 0 Å². The Morgan fingerprint density at radius 1 is 1.57 bits per heavy atom. The SMILES string of the molecule is CC1(Nc2ncc(Br)cc2Cl)CCC1. The minimum absolute atomic E-state index is 0.199. The van der Waals surface area contributed by atoms with E-state index in [-0.39, 0.29) is 5.54 Å². The Hall–Kier alpha value is -0.280. The molecule has 76 valence electrons. The Bertz CT molecular complexity index is 350. The fourth-order valence-electron chi connectivity index (χ4n) is 1.62. The van der Waals surface area contributed by atoms with E-state index in [1.807, 2.05) is 6.07 Å². The summed E-state index contributed by atoms with van der Waals surface area (Å²) < 4.78 is 0.909. The van der Waals surface area contributed by atoms with Gasteiger partial charge in [-0.2, -0.15) is 0 Å². The van der Waals surface area contributed by atoms with Gasteiger partial charge in [0, 0.05) is 16.2 Å². The zero-order valence-electron chi connectivity index (χ0n) is 7.98. The summed E-state index contributed by atoms with van der Waals surface area (Å²) in [5, 5.41) is 4.06. The topological polar surface area (TPSA) is 24.9 Å². The Balaban J connectivity index is 2.16. The lowest BCUT2D eigenvalue weighted by Crippen LogP contribution is -2.41. The largest absolute Gasteiger partial charge is 0.364 e. The molecule has 1 aliphatic rings. The van der Waals surface area contributed by atoms with Gasteiger partial charge in [-0.3, -0.25) is 0 Å². The van der Waals surface area contributed by atoms with Gasteiger partial charge in [0.2, 0.25) is 0 Å². The van der Waals surface area contributed by atoms with Crippen LogP contribution < -0.4 is 5.32 Å². The fraction of sp³-hybridized carbons (Fsp3) is 0.500. The fourth-order valence-corrected chi connectivity index (χ4v) is 2.30. The summed E-state index contributed by atoms with van der Waals surface area (Å²) in [5.41, 5.74) is 0.199. The van der Waals surface area contributed by atoms with Gasteiger partial charge in [-0.1, -0.05) is 11.6 Å². The highest BCUT2D eigenvalue weighted by molar-refractivity contribution is 9.10. The maximum Gasteiger partial charge on any atom is 0.145 e. The quantitative estimate of drug-likeness (QED) is 0.887. The molecular formula is C10H12BrClN2. The van der Waals surface area contributed by atoms with E-state index in [1.165, 1.54) is 19.3 Å². The summed E-state index contributed by atoms with van der Waals surface area (Å²) in [6, 6.07) is 1.86. The van der Waals surface area contributed by atoms with E-state index in [2.05, 4.69) is 33.2 Å². The number of nitrogens with zero attached hydrogens (tertiary/aromatic N) is 1. The molecule has 1 aromatic heterocycles. The van der Waals surface area contributed by atoms with Gasteiger partial charge in [0.05, 0.1) is 5.02 Å². The van der Waals surface area contributed by atoms with Crippen molar-refractivity contribution in [2.75, 3.05) is 5.32 Å². The number of hydrogen-bond donors (Lipinski definition) is 1. The molecule has 14 heavy (non-hydrogen) atoms. The molecule has 1 aliphatic carbocycles. The highest BCUT2D eigenvalue weighted by Gasteiger charge is 2.32. The first-order valence-electron chi connectivity index (χ1n) is 4.68. The molecule has 2 rings (SSSR count). The Kier molecular flexibility index (Phi) is 2.71. The van der Waals surface area contributed by atoms with Crippen LogP contribution in [0.4, 0.5) is 5.82 Å². The molecule has 0 atom stereocenters. The van der Waals surface area contributed by atoms with Crippen LogP contribution in [0.2, 0.25) is 5.02 Å². The summed E-state index contributed by atoms with van der Waals surface area (Å²) in [4.78, 5) is 4.25. The van der Waals surface area contributed by atoms with Crippen LogP contribution >= 0.6 is 27.5 Å². The molecular weight excluding hydrogens is 263 g/mol. The van der Waals surface area contributed by atoms with E-state index in [4.69, 9.17) is 11.6 Å². The van der Waals surface area contributed by atoms with Gasteiger partial charge < -0.3 is 5.32 Å². The average molecular weight is 276 g/mol. The molecule has 1 heterocycles. The van der Waals surface area contributed by atoms with E-state index in [0.29, 0.717) is 5.02 Å². The first-order valence-corrected chi connectivity index (χ1v) is 5.85. The average Bonchev–Trinajstić information content (AvgIpc) is 2.07. The van der Waals surface area contributed by atoms with Crippen molar-refractivity contribution in [1.82, 2.24) is 4.98 Å². The van der Waals surface area contributed by atoms with Gasteiger partial charge in [-0.15, -0.1) is 0 Å². The molecule has 0 amide bonds. The number of rotatable bonds is 2. The highest BCUT2D eigenvalue weighted by Crippen LogP contribution is 2.36. The first kappa shape index (κ1) is 10.2. The molecule has 0 aliphatic heterocycles. The smallest absolute Gasteiger partial charge is 0.145 e. The van der Waals surface area contributed by atoms with Crippen molar-refractivity contribution in [1.29, 1.82) is 0 Å². The van der Waals surface area contributed by atoms with Gasteiger partial charge in [0.15, 0.2) is 0 Å². The first-order chi connectivity index (χ1) is 6.59. The van der Waals surface area contributed by atoms with Crippen molar-refractivity contribution in [3.05, 3.63) is 21.8 Å². The van der Waals surface area contributed by atoms with Gasteiger partial charge in [-0.05, 0) is 48.2 Å². The minimum atomic E-state index is 0.199. The lowest BCUT2D eigenvalue weighted by Gasteiger charge is -2.39. The number of halogens is 2. The second kappa shape index (κ2) is 3.70. The van der Waals surface area contributed by atoms with Crippen molar-refractivity contribution < 1.29 is 0 Å². The molecule has 0 unspecified atom stereocenters. The zero-order chi connectivity index (χ0) is 10.2. The number of hydrogen-bond acceptors (Lipinski definition) is 2. The summed E-state index contributed by atoms with van der Waals surface area (Å²) in [6.45, 7) is 2.20. The van der Waals surface area contributed by atoms with E-state index in [0.717, 1.165) is 10.3 Å². The summed E-state index contributed by atoms with van der Waals surface area (Å²) in [6.07, 6.45) is 5.44. The third-order valence-corrected chi connectivity index (χ3v) is 3.41. The van der Waals surface area contributed by atoms with Crippen LogP contribution in [-0.2, 0) is 0 Å². The molecule has 1 saturated carbocycles. The molecule has 0 bridgehead atoms. The third-order valence-electron chi connectivity index (χ3n) is 2.69. The Morgan fingerprint density at radius 3 is 2.79 bits per heavy atom. The van der Waals surface area contributed by atoms with Crippen LogP contribution in [0.25, 0.3) is 0 Å². The van der Waals surface area contributed by atoms with Crippen molar-refractivity contribution >= 4 is 33.3 Å². The molecule has 0 aromatic carbocycles. The highest BCUT2D eigenvalue weighted by atomic mass is 79.9. The van der Waals surface area contributed by atoms with E-state index in [9.17, 15) is 0 Å². The van der Waals surface area contributed by atoms with Crippen molar-refractivity contribution in [2.24, 2.45) is 0 Å². The van der Waals surface area contributed by atoms with Gasteiger partial charge >= 0.3 is 0 Å². The van der Waals surface area contributed by atoms with Crippen LogP contribution in [0.3, 0.4) is 0 Å². The van der Waals surface area contributed by atoms with Crippen LogP contribution in [0.5, 0.6) is 0 Å². The predicted molar refractivity (Wildman–Crippen MR) is 62.8 cm³/mol. The predicted octanol–water partition coefficient (Wildman–Crippen LogP) is 3.85. The summed E-state index contributed by atoms with van der Waals surface area (Å²) in [7, 11) is 0. The van der Waals surface area contributed by atoms with Crippen LogP contribution in [0.1, 0.15) is 26.2 Å². The summed E-state index contributed by atoms with van der Waals surface area (Å²) in [5.74, 6) is 0.789. The van der Waals surface area contributed by atoms with Crippen LogP contribution in [0, 0.1) is 0 Å². The van der Waals surface area contributed by atoms with E-state index >= 15 is 0 Å². The zero-order valence-corrected chi connectivity index (χ0v) is 10.3. The normalized spacial score (nSPS) is 18.8. The third kappa shape index (κ3) is 2.04. The summed E-state index contributed by atoms with van der Waals surface area (Å²) >= 11 is 9.39. The lowest BCUT2D eigenvalue weighted by atomic mass is 9.78. The standard InChI is InChI=1S/C10H12BrClN2/c1-10(3-2-4-10)14-9-8(12)5-7(11)6-13-9/h5-6H,2-4H2,1H3,(H,13,14). The second-order valence-corrected chi connectivity index (χ2v) is 5.35. The molecule has 0 radical (unpaired) electrons. The maximum absolute atomic E-state index is 6.06. The van der Waals surface area contributed by atoms with E-state index < -0.39 is 0 Å². The molecule has 2 nitrogen and oxygen atoms in total. The Labute approximate surface area is 97.2 Å². The number of pyridine rings is 1. The molecule has 1 N–H and O–H groups in total. The van der Waals surface area contributed by atoms with Crippen LogP contribution in [-0.4, -0.2) is 10.5 Å². The van der Waals surface area contributed by atoms with Crippen molar-refractivity contribution in [2.45, 2.75) is 31.7 Å². The molecule has 0 spiro atoms. The molecule has 4 heteroatoms. The van der Waals surface area contributed by atoms with Crippen molar-refractivity contribution in [3.63, 3.8) is 0 Å². The van der Waals surface area contributed by atoms with E-state index in [1.54, 1.807) is 6.20 Å². The Morgan fingerprint density at radius 2 is 2.29 bits per heavy atom. The monoisotopic (exact) mass is 274 g/mol. The van der Waals surface area contributed by atoms with Gasteiger partial charge in [0.1, 0.15) is 5.82 Å². The number of anilines is 1. The number of nitrogens with one attached hydrogen (secondary N) is 1. The second-order valence-electron chi connectivity index (χ2n) is 4.02. The minimum Gasteiger partial charge on any atom is -0.364 e. The number of aromatic nitrogens is 1. The van der Waals surface area contributed by atoms with Gasteiger partial charge in [-0.25, -0.2) is 4.98 Å². The van der Waals surface area contributed by atoms with Crippen molar-refractivity contribution in [3.8, 4) is 0 Å². The lowest BCUT2D eigenvalue weighted by molar-refractivity contribution is 0.306. The molecule has 0 saturated heterocycles. The molecule has 1 aromatic rings. The maximum atomic E-state index is 6.06. The van der Waals surface area contributed by atoms with Crippen LogP contribution in [0.15, 0.2) is 16.7 Å². The molecule has 1 fully saturated rings.